The van der Waals surface area contributed by atoms with E-state index in [1.807, 2.05) is 0 Å². The van der Waals surface area contributed by atoms with Crippen molar-refractivity contribution < 1.29 is 19.1 Å². The molecule has 0 spiro atoms. The third-order valence-corrected chi connectivity index (χ3v) is 3.89. The van der Waals surface area contributed by atoms with Crippen molar-refractivity contribution in [1.82, 2.24) is 9.80 Å². The summed E-state index contributed by atoms with van der Waals surface area (Å²) in [7, 11) is 0. The molecule has 7 heteroatoms. The molecule has 1 N–H and O–H groups in total. The summed E-state index contributed by atoms with van der Waals surface area (Å²) in [5, 5.41) is 2.70. The molecule has 1 aromatic rings. The van der Waals surface area contributed by atoms with Crippen LogP contribution in [0.25, 0.3) is 0 Å². The van der Waals surface area contributed by atoms with Crippen molar-refractivity contribution in [2.45, 2.75) is 6.92 Å². The van der Waals surface area contributed by atoms with Crippen molar-refractivity contribution in [2.75, 3.05) is 38.1 Å². The first-order chi connectivity index (χ1) is 10.6. The average Bonchev–Trinajstić information content (AvgIpc) is 2.53. The Morgan fingerprint density at radius 3 is 2.50 bits per heavy atom. The van der Waals surface area contributed by atoms with Crippen molar-refractivity contribution in [3.63, 3.8) is 0 Å². The van der Waals surface area contributed by atoms with E-state index in [9.17, 15) is 14.4 Å². The number of amides is 3. The SMILES string of the molecule is CC(=O)N1CCN(C(=O)c2cccc3c2NC(=O)CO3)CC1. The Morgan fingerprint density at radius 1 is 1.14 bits per heavy atom. The zero-order chi connectivity index (χ0) is 15.7. The number of ether oxygens (including phenoxy) is 1. The monoisotopic (exact) mass is 303 g/mol. The van der Waals surface area contributed by atoms with E-state index in [2.05, 4.69) is 5.32 Å². The molecule has 1 fully saturated rings. The van der Waals surface area contributed by atoms with Crippen LogP contribution in [0, 0.1) is 0 Å². The molecule has 1 saturated heterocycles. The van der Waals surface area contributed by atoms with E-state index in [4.69, 9.17) is 4.74 Å². The zero-order valence-corrected chi connectivity index (χ0v) is 12.3. The predicted molar refractivity (Wildman–Crippen MR) is 78.7 cm³/mol. The number of piperazine rings is 1. The summed E-state index contributed by atoms with van der Waals surface area (Å²) in [5.74, 6) is 0.0951. The molecule has 0 radical (unpaired) electrons. The van der Waals surface area contributed by atoms with Gasteiger partial charge < -0.3 is 19.9 Å². The number of fused-ring (bicyclic) bond motifs is 1. The maximum atomic E-state index is 12.7. The lowest BCUT2D eigenvalue weighted by Gasteiger charge is -2.34. The normalized spacial score (nSPS) is 17.4. The van der Waals surface area contributed by atoms with Crippen molar-refractivity contribution in [3.05, 3.63) is 23.8 Å². The van der Waals surface area contributed by atoms with E-state index in [0.29, 0.717) is 43.2 Å². The number of carbonyl (C=O) groups excluding carboxylic acids is 3. The van der Waals surface area contributed by atoms with E-state index >= 15 is 0 Å². The fourth-order valence-corrected chi connectivity index (χ4v) is 2.67. The van der Waals surface area contributed by atoms with E-state index in [1.54, 1.807) is 28.0 Å². The standard InChI is InChI=1S/C15H17N3O4/c1-10(19)17-5-7-18(8-6-17)15(21)11-3-2-4-12-14(11)16-13(20)9-22-12/h2-4H,5-9H2,1H3,(H,16,20). The van der Waals surface area contributed by atoms with Gasteiger partial charge in [-0.05, 0) is 12.1 Å². The van der Waals surface area contributed by atoms with Crippen LogP contribution in [-0.2, 0) is 9.59 Å². The minimum atomic E-state index is -0.269. The topological polar surface area (TPSA) is 79.0 Å². The van der Waals surface area contributed by atoms with Gasteiger partial charge in [0.05, 0.1) is 11.3 Å². The Labute approximate surface area is 127 Å². The van der Waals surface area contributed by atoms with Crippen LogP contribution in [-0.4, -0.2) is 60.3 Å². The van der Waals surface area contributed by atoms with Crippen LogP contribution in [0.3, 0.4) is 0 Å². The van der Waals surface area contributed by atoms with Gasteiger partial charge in [0.2, 0.25) is 5.91 Å². The van der Waals surface area contributed by atoms with E-state index in [1.165, 1.54) is 6.92 Å². The zero-order valence-electron chi connectivity index (χ0n) is 12.3. The summed E-state index contributed by atoms with van der Waals surface area (Å²) >= 11 is 0. The molecule has 0 unspecified atom stereocenters. The number of rotatable bonds is 1. The summed E-state index contributed by atoms with van der Waals surface area (Å²) in [6, 6.07) is 5.13. The number of hydrogen-bond donors (Lipinski definition) is 1. The van der Waals surface area contributed by atoms with Crippen LogP contribution in [0.4, 0.5) is 5.69 Å². The van der Waals surface area contributed by atoms with Gasteiger partial charge in [-0.3, -0.25) is 14.4 Å². The number of carbonyl (C=O) groups is 3. The van der Waals surface area contributed by atoms with Crippen LogP contribution in [0.5, 0.6) is 5.75 Å². The van der Waals surface area contributed by atoms with Crippen LogP contribution in [0.1, 0.15) is 17.3 Å². The van der Waals surface area contributed by atoms with E-state index < -0.39 is 0 Å². The fraction of sp³-hybridized carbons (Fsp3) is 0.400. The lowest BCUT2D eigenvalue weighted by molar-refractivity contribution is -0.130. The number of nitrogens with zero attached hydrogens (tertiary/aromatic N) is 2. The largest absolute Gasteiger partial charge is 0.482 e. The average molecular weight is 303 g/mol. The highest BCUT2D eigenvalue weighted by atomic mass is 16.5. The molecule has 116 valence electrons. The minimum absolute atomic E-state index is 0.0184. The van der Waals surface area contributed by atoms with Crippen LogP contribution < -0.4 is 10.1 Å². The third kappa shape index (κ3) is 2.61. The van der Waals surface area contributed by atoms with Gasteiger partial charge in [0.15, 0.2) is 6.61 Å². The maximum absolute atomic E-state index is 12.7. The summed E-state index contributed by atoms with van der Waals surface area (Å²) in [6.07, 6.45) is 0. The molecule has 3 rings (SSSR count). The highest BCUT2D eigenvalue weighted by molar-refractivity contribution is 6.06. The van der Waals surface area contributed by atoms with Crippen molar-refractivity contribution in [1.29, 1.82) is 0 Å². The first kappa shape index (κ1) is 14.4. The Balaban J connectivity index is 1.79. The van der Waals surface area contributed by atoms with Gasteiger partial charge in [0.1, 0.15) is 5.75 Å². The molecule has 0 bridgehead atoms. The predicted octanol–water partition coefficient (Wildman–Crippen LogP) is 0.322. The number of nitrogens with one attached hydrogen (secondary N) is 1. The van der Waals surface area contributed by atoms with Gasteiger partial charge in [-0.2, -0.15) is 0 Å². The van der Waals surface area contributed by atoms with Crippen LogP contribution in [0.15, 0.2) is 18.2 Å². The molecule has 1 aromatic carbocycles. The maximum Gasteiger partial charge on any atom is 0.262 e. The second-order valence-electron chi connectivity index (χ2n) is 5.31. The summed E-state index contributed by atoms with van der Waals surface area (Å²) < 4.78 is 5.33. The van der Waals surface area contributed by atoms with Gasteiger partial charge in [-0.15, -0.1) is 0 Å². The van der Waals surface area contributed by atoms with Crippen LogP contribution >= 0.6 is 0 Å². The fourth-order valence-electron chi connectivity index (χ4n) is 2.67. The van der Waals surface area contributed by atoms with Crippen molar-refractivity contribution in [3.8, 4) is 5.75 Å². The highest BCUT2D eigenvalue weighted by Crippen LogP contribution is 2.32. The van der Waals surface area contributed by atoms with Crippen molar-refractivity contribution in [2.24, 2.45) is 0 Å². The Bertz CT molecular complexity index is 636. The first-order valence-corrected chi connectivity index (χ1v) is 7.16. The van der Waals surface area contributed by atoms with Crippen LogP contribution in [0.2, 0.25) is 0 Å². The number of hydrogen-bond acceptors (Lipinski definition) is 4. The van der Waals surface area contributed by atoms with Gasteiger partial charge in [0, 0.05) is 33.1 Å². The summed E-state index contributed by atoms with van der Waals surface area (Å²) in [6.45, 7) is 3.51. The van der Waals surface area contributed by atoms with Gasteiger partial charge in [-0.25, -0.2) is 0 Å². The summed E-state index contributed by atoms with van der Waals surface area (Å²) in [5.41, 5.74) is 0.847. The first-order valence-electron chi connectivity index (χ1n) is 7.16. The molecular weight excluding hydrogens is 286 g/mol. The van der Waals surface area contributed by atoms with Gasteiger partial charge >= 0.3 is 0 Å². The van der Waals surface area contributed by atoms with Gasteiger partial charge in [-0.1, -0.05) is 6.07 Å². The van der Waals surface area contributed by atoms with Gasteiger partial charge in [0.25, 0.3) is 11.8 Å². The molecule has 2 heterocycles. The highest BCUT2D eigenvalue weighted by Gasteiger charge is 2.28. The van der Waals surface area contributed by atoms with E-state index in [0.717, 1.165) is 0 Å². The molecule has 7 nitrogen and oxygen atoms in total. The Hall–Kier alpha value is -2.57. The molecule has 3 amide bonds. The third-order valence-electron chi connectivity index (χ3n) is 3.89. The number of para-hydroxylation sites is 1. The quantitative estimate of drug-likeness (QED) is 0.810. The molecule has 22 heavy (non-hydrogen) atoms. The summed E-state index contributed by atoms with van der Waals surface area (Å²) in [4.78, 5) is 38.9. The minimum Gasteiger partial charge on any atom is -0.482 e. The number of anilines is 1. The second-order valence-corrected chi connectivity index (χ2v) is 5.31. The molecular formula is C15H17N3O4. The molecule has 0 aromatic heterocycles. The molecule has 2 aliphatic rings. The molecule has 2 aliphatic heterocycles. The Morgan fingerprint density at radius 2 is 1.82 bits per heavy atom. The molecule has 0 saturated carbocycles. The number of benzene rings is 1. The van der Waals surface area contributed by atoms with Crippen molar-refractivity contribution >= 4 is 23.4 Å². The smallest absolute Gasteiger partial charge is 0.262 e. The Kier molecular flexibility index (Phi) is 3.70. The van der Waals surface area contributed by atoms with E-state index in [-0.39, 0.29) is 24.3 Å². The lowest BCUT2D eigenvalue weighted by Crippen LogP contribution is -2.50. The second kappa shape index (κ2) is 5.67. The molecule has 0 aliphatic carbocycles. The lowest BCUT2D eigenvalue weighted by atomic mass is 10.1. The molecule has 0 atom stereocenters.